The third-order valence-corrected chi connectivity index (χ3v) is 0.612. The molecule has 0 heterocycles. The zero-order valence-electron chi connectivity index (χ0n) is 4.33. The van der Waals surface area contributed by atoms with Crippen LogP contribution in [0, 0.1) is 0 Å². The van der Waals surface area contributed by atoms with Gasteiger partial charge in [0, 0.05) is 6.42 Å². The number of aliphatic hydroxyl groups is 1. The zero-order chi connectivity index (χ0) is 6.41. The van der Waals surface area contributed by atoms with E-state index in [4.69, 9.17) is 5.11 Å². The van der Waals surface area contributed by atoms with Crippen molar-refractivity contribution in [3.8, 4) is 0 Å². The van der Waals surface area contributed by atoms with Crippen LogP contribution in [0.4, 0.5) is 0 Å². The standard InChI is InChI=1S/C5H8O3/c6-3-1-5(8)2-4-7/h1,3,6-7H,2,4H2/p-1/b3-1+. The summed E-state index contributed by atoms with van der Waals surface area (Å²) in [5.74, 6) is -0.331. The molecule has 0 fully saturated rings. The summed E-state index contributed by atoms with van der Waals surface area (Å²) in [6.07, 6.45) is 1.35. The molecule has 0 aromatic heterocycles. The van der Waals surface area contributed by atoms with Gasteiger partial charge in [0.05, 0.1) is 6.61 Å². The number of carbonyl (C=O) groups excluding carboxylic acids is 1. The Morgan fingerprint density at radius 1 is 1.75 bits per heavy atom. The molecule has 46 valence electrons. The van der Waals surface area contributed by atoms with Gasteiger partial charge in [-0.1, -0.05) is 0 Å². The molecule has 0 spiro atoms. The second-order valence-corrected chi connectivity index (χ2v) is 1.24. The molecular weight excluding hydrogens is 108 g/mol. The minimum absolute atomic E-state index is 0.0404. The lowest BCUT2D eigenvalue weighted by Gasteiger charge is -1.89. The Kier molecular flexibility index (Phi) is 3.88. The zero-order valence-corrected chi connectivity index (χ0v) is 4.33. The molecule has 3 nitrogen and oxygen atoms in total. The molecule has 0 bridgehead atoms. The molecule has 8 heavy (non-hydrogen) atoms. The monoisotopic (exact) mass is 115 g/mol. The quantitative estimate of drug-likeness (QED) is 0.371. The van der Waals surface area contributed by atoms with Gasteiger partial charge in [-0.25, -0.2) is 0 Å². The third-order valence-electron chi connectivity index (χ3n) is 0.612. The molecule has 0 radical (unpaired) electrons. The Morgan fingerprint density at radius 3 is 2.75 bits per heavy atom. The van der Waals surface area contributed by atoms with Gasteiger partial charge in [0.15, 0.2) is 5.78 Å². The van der Waals surface area contributed by atoms with Crippen molar-refractivity contribution in [2.45, 2.75) is 6.42 Å². The summed E-state index contributed by atoms with van der Waals surface area (Å²) < 4.78 is 0. The van der Waals surface area contributed by atoms with Crippen LogP contribution in [-0.2, 0) is 4.79 Å². The molecule has 0 aliphatic heterocycles. The molecule has 0 aromatic carbocycles. The highest BCUT2D eigenvalue weighted by atomic mass is 16.3. The van der Waals surface area contributed by atoms with Crippen LogP contribution in [0.5, 0.6) is 0 Å². The van der Waals surface area contributed by atoms with E-state index < -0.39 is 0 Å². The molecule has 0 aromatic rings. The van der Waals surface area contributed by atoms with E-state index in [9.17, 15) is 9.90 Å². The topological polar surface area (TPSA) is 60.4 Å². The Morgan fingerprint density at radius 2 is 2.38 bits per heavy atom. The van der Waals surface area contributed by atoms with E-state index in [2.05, 4.69) is 0 Å². The van der Waals surface area contributed by atoms with E-state index in [0.717, 1.165) is 6.08 Å². The van der Waals surface area contributed by atoms with Gasteiger partial charge >= 0.3 is 0 Å². The summed E-state index contributed by atoms with van der Waals surface area (Å²) in [4.78, 5) is 10.2. The first-order valence-electron chi connectivity index (χ1n) is 2.23. The van der Waals surface area contributed by atoms with E-state index in [-0.39, 0.29) is 18.8 Å². The van der Waals surface area contributed by atoms with Crippen LogP contribution < -0.4 is 5.11 Å². The SMILES string of the molecule is O=C(/C=C/[O-])CCO. The first kappa shape index (κ1) is 7.17. The predicted molar refractivity (Wildman–Crippen MR) is 25.8 cm³/mol. The summed E-state index contributed by atoms with van der Waals surface area (Å²) in [6.45, 7) is -0.191. The third kappa shape index (κ3) is 3.36. The van der Waals surface area contributed by atoms with Crippen LogP contribution in [0.2, 0.25) is 0 Å². The minimum Gasteiger partial charge on any atom is -0.878 e. The molecule has 0 saturated heterocycles. The Bertz CT molecular complexity index is 95.8. The summed E-state index contributed by atoms with van der Waals surface area (Å²) in [7, 11) is 0. The van der Waals surface area contributed by atoms with Crippen molar-refractivity contribution in [3.05, 3.63) is 12.3 Å². The molecule has 0 unspecified atom stereocenters. The van der Waals surface area contributed by atoms with Crippen molar-refractivity contribution in [1.82, 2.24) is 0 Å². The maximum atomic E-state index is 10.2. The van der Waals surface area contributed by atoms with Gasteiger partial charge in [0.25, 0.3) is 0 Å². The minimum atomic E-state index is -0.331. The lowest BCUT2D eigenvalue weighted by molar-refractivity contribution is -0.274. The van der Waals surface area contributed by atoms with E-state index >= 15 is 0 Å². The van der Waals surface area contributed by atoms with Gasteiger partial charge in [-0.3, -0.25) is 4.79 Å². The fourth-order valence-electron chi connectivity index (χ4n) is 0.269. The molecule has 0 aliphatic carbocycles. The summed E-state index contributed by atoms with van der Waals surface area (Å²) in [5, 5.41) is 17.6. The molecule has 0 aliphatic rings. The molecule has 0 saturated carbocycles. The number of ketones is 1. The first-order chi connectivity index (χ1) is 3.81. The number of hydrogen-bond donors (Lipinski definition) is 1. The van der Waals surface area contributed by atoms with Crippen molar-refractivity contribution in [2.24, 2.45) is 0 Å². The van der Waals surface area contributed by atoms with E-state index in [0.29, 0.717) is 6.26 Å². The summed E-state index contributed by atoms with van der Waals surface area (Å²) in [6, 6.07) is 0. The van der Waals surface area contributed by atoms with Gasteiger partial charge in [0.2, 0.25) is 0 Å². The van der Waals surface area contributed by atoms with Crippen molar-refractivity contribution in [1.29, 1.82) is 0 Å². The van der Waals surface area contributed by atoms with Crippen LogP contribution in [0.3, 0.4) is 0 Å². The summed E-state index contributed by atoms with van der Waals surface area (Å²) >= 11 is 0. The fraction of sp³-hybridized carbons (Fsp3) is 0.400. The highest BCUT2D eigenvalue weighted by Gasteiger charge is 1.89. The first-order valence-corrected chi connectivity index (χ1v) is 2.23. The van der Waals surface area contributed by atoms with E-state index in [1.54, 1.807) is 0 Å². The van der Waals surface area contributed by atoms with Gasteiger partial charge in [0.1, 0.15) is 0 Å². The predicted octanol–water partition coefficient (Wildman–Crippen LogP) is -1.19. The molecule has 0 rings (SSSR count). The van der Waals surface area contributed by atoms with Crippen LogP contribution >= 0.6 is 0 Å². The number of carbonyl (C=O) groups is 1. The van der Waals surface area contributed by atoms with Gasteiger partial charge < -0.3 is 10.2 Å². The normalized spacial score (nSPS) is 10.1. The van der Waals surface area contributed by atoms with E-state index in [1.165, 1.54) is 0 Å². The average molecular weight is 115 g/mol. The Balaban J connectivity index is 3.33. The number of rotatable bonds is 3. The number of allylic oxidation sites excluding steroid dienone is 1. The Hall–Kier alpha value is -0.830. The maximum Gasteiger partial charge on any atom is 0.156 e. The second kappa shape index (κ2) is 4.33. The van der Waals surface area contributed by atoms with Crippen LogP contribution in [0.25, 0.3) is 0 Å². The molecule has 0 amide bonds. The van der Waals surface area contributed by atoms with Gasteiger partial charge in [-0.2, -0.15) is 0 Å². The molecule has 3 heteroatoms. The smallest absolute Gasteiger partial charge is 0.156 e. The van der Waals surface area contributed by atoms with Crippen LogP contribution in [-0.4, -0.2) is 17.5 Å². The van der Waals surface area contributed by atoms with Gasteiger partial charge in [-0.15, -0.1) is 6.26 Å². The maximum absolute atomic E-state index is 10.2. The lowest BCUT2D eigenvalue weighted by atomic mass is 10.3. The second-order valence-electron chi connectivity index (χ2n) is 1.24. The fourth-order valence-corrected chi connectivity index (χ4v) is 0.269. The number of aliphatic hydroxyl groups excluding tert-OH is 1. The largest absolute Gasteiger partial charge is 0.878 e. The van der Waals surface area contributed by atoms with Crippen molar-refractivity contribution < 1.29 is 15.0 Å². The van der Waals surface area contributed by atoms with Crippen molar-refractivity contribution >= 4 is 5.78 Å². The van der Waals surface area contributed by atoms with Crippen LogP contribution in [0.1, 0.15) is 6.42 Å². The van der Waals surface area contributed by atoms with Crippen molar-refractivity contribution in [3.63, 3.8) is 0 Å². The molecule has 0 atom stereocenters. The average Bonchev–Trinajstić information content (AvgIpc) is 1.68. The van der Waals surface area contributed by atoms with Gasteiger partial charge in [-0.05, 0) is 6.08 Å². The Labute approximate surface area is 47.3 Å². The lowest BCUT2D eigenvalue weighted by Crippen LogP contribution is -1.98. The van der Waals surface area contributed by atoms with Crippen LogP contribution in [0.15, 0.2) is 12.3 Å². The number of hydrogen-bond acceptors (Lipinski definition) is 3. The summed E-state index contributed by atoms with van der Waals surface area (Å²) in [5.41, 5.74) is 0. The highest BCUT2D eigenvalue weighted by Crippen LogP contribution is 1.79. The molecular formula is C5H7O3-. The molecule has 1 N–H and O–H groups in total. The highest BCUT2D eigenvalue weighted by molar-refractivity contribution is 5.89. The van der Waals surface area contributed by atoms with E-state index in [1.807, 2.05) is 0 Å². The van der Waals surface area contributed by atoms with Crippen molar-refractivity contribution in [2.75, 3.05) is 6.61 Å².